The highest BCUT2D eigenvalue weighted by atomic mass is 16.3. The van der Waals surface area contributed by atoms with Crippen molar-refractivity contribution >= 4 is 11.0 Å². The summed E-state index contributed by atoms with van der Waals surface area (Å²) in [5, 5.41) is 4.92. The van der Waals surface area contributed by atoms with Crippen LogP contribution in [0.25, 0.3) is 11.0 Å². The van der Waals surface area contributed by atoms with E-state index >= 15 is 0 Å². The van der Waals surface area contributed by atoms with Gasteiger partial charge in [0.25, 0.3) is 0 Å². The van der Waals surface area contributed by atoms with Gasteiger partial charge in [-0.3, -0.25) is 0 Å². The molecule has 0 bridgehead atoms. The van der Waals surface area contributed by atoms with Crippen molar-refractivity contribution in [3.05, 3.63) is 35.6 Å². The maximum atomic E-state index is 6.17. The van der Waals surface area contributed by atoms with Crippen LogP contribution in [0.1, 0.15) is 44.9 Å². The van der Waals surface area contributed by atoms with Crippen LogP contribution < -0.4 is 5.32 Å². The van der Waals surface area contributed by atoms with Crippen LogP contribution in [0.4, 0.5) is 0 Å². The van der Waals surface area contributed by atoms with Crippen molar-refractivity contribution in [1.82, 2.24) is 5.32 Å². The van der Waals surface area contributed by atoms with Gasteiger partial charge in [0.05, 0.1) is 5.54 Å². The Morgan fingerprint density at radius 3 is 2.63 bits per heavy atom. The van der Waals surface area contributed by atoms with Gasteiger partial charge >= 0.3 is 0 Å². The van der Waals surface area contributed by atoms with Gasteiger partial charge in [0.15, 0.2) is 0 Å². The lowest BCUT2D eigenvalue weighted by atomic mass is 9.71. The van der Waals surface area contributed by atoms with E-state index < -0.39 is 0 Å². The Labute approximate surface area is 115 Å². The van der Waals surface area contributed by atoms with Crippen LogP contribution in [-0.4, -0.2) is 6.54 Å². The van der Waals surface area contributed by atoms with Crippen molar-refractivity contribution < 1.29 is 4.42 Å². The van der Waals surface area contributed by atoms with Crippen LogP contribution >= 0.6 is 0 Å². The number of hydrogen-bond acceptors (Lipinski definition) is 2. The van der Waals surface area contributed by atoms with Crippen molar-refractivity contribution in [2.24, 2.45) is 5.41 Å². The standard InChI is InChI=1S/C17H23NO/c1-12-6-7-14-13(10-12)11-15(19-14)17(16(2,3)4)8-5-9-18-17/h6-7,10-11,18H,5,8-9H2,1-4H3. The molecule has 2 aromatic rings. The van der Waals surface area contributed by atoms with Crippen molar-refractivity contribution in [3.8, 4) is 0 Å². The zero-order valence-electron chi connectivity index (χ0n) is 12.3. The molecule has 1 aliphatic heterocycles. The summed E-state index contributed by atoms with van der Waals surface area (Å²) in [7, 11) is 0. The van der Waals surface area contributed by atoms with E-state index in [1.165, 1.54) is 17.4 Å². The maximum Gasteiger partial charge on any atom is 0.134 e. The quantitative estimate of drug-likeness (QED) is 0.820. The first-order chi connectivity index (χ1) is 8.92. The molecule has 3 rings (SSSR count). The Hall–Kier alpha value is -1.28. The highest BCUT2D eigenvalue weighted by molar-refractivity contribution is 5.79. The fourth-order valence-electron chi connectivity index (χ4n) is 3.34. The lowest BCUT2D eigenvalue weighted by molar-refractivity contribution is 0.133. The minimum Gasteiger partial charge on any atom is -0.459 e. The fraction of sp³-hybridized carbons (Fsp3) is 0.529. The molecule has 2 nitrogen and oxygen atoms in total. The summed E-state index contributed by atoms with van der Waals surface area (Å²) in [6.45, 7) is 10.1. The molecule has 1 unspecified atom stereocenters. The average molecular weight is 257 g/mol. The predicted octanol–water partition coefficient (Wildman–Crippen LogP) is 4.37. The first-order valence-corrected chi connectivity index (χ1v) is 7.18. The van der Waals surface area contributed by atoms with Crippen LogP contribution in [-0.2, 0) is 5.54 Å². The first kappa shape index (κ1) is 12.7. The zero-order valence-corrected chi connectivity index (χ0v) is 12.3. The van der Waals surface area contributed by atoms with E-state index in [-0.39, 0.29) is 11.0 Å². The van der Waals surface area contributed by atoms with Crippen LogP contribution in [0.5, 0.6) is 0 Å². The summed E-state index contributed by atoms with van der Waals surface area (Å²) < 4.78 is 6.17. The van der Waals surface area contributed by atoms with Crippen LogP contribution in [0.15, 0.2) is 28.7 Å². The van der Waals surface area contributed by atoms with Gasteiger partial charge in [-0.15, -0.1) is 0 Å². The van der Waals surface area contributed by atoms with Crippen molar-refractivity contribution in [2.45, 2.75) is 46.1 Å². The number of aryl methyl sites for hydroxylation is 1. The van der Waals surface area contributed by atoms with Gasteiger partial charge in [0.1, 0.15) is 11.3 Å². The largest absolute Gasteiger partial charge is 0.459 e. The number of nitrogens with one attached hydrogen (secondary N) is 1. The predicted molar refractivity (Wildman–Crippen MR) is 79.3 cm³/mol. The van der Waals surface area contributed by atoms with Gasteiger partial charge < -0.3 is 9.73 Å². The molecule has 0 saturated carbocycles. The molecule has 0 amide bonds. The van der Waals surface area contributed by atoms with Crippen molar-refractivity contribution in [3.63, 3.8) is 0 Å². The molecule has 1 N–H and O–H groups in total. The van der Waals surface area contributed by atoms with Gasteiger partial charge in [0.2, 0.25) is 0 Å². The Balaban J connectivity index is 2.16. The second kappa shape index (κ2) is 4.11. The van der Waals surface area contributed by atoms with Gasteiger partial charge in [-0.2, -0.15) is 0 Å². The molecule has 1 aromatic carbocycles. The molecule has 19 heavy (non-hydrogen) atoms. The van der Waals surface area contributed by atoms with E-state index in [2.05, 4.69) is 57.3 Å². The normalized spacial score (nSPS) is 24.2. The molecular weight excluding hydrogens is 234 g/mol. The summed E-state index contributed by atoms with van der Waals surface area (Å²) in [4.78, 5) is 0. The highest BCUT2D eigenvalue weighted by Crippen LogP contribution is 2.46. The van der Waals surface area contributed by atoms with Crippen molar-refractivity contribution in [1.29, 1.82) is 0 Å². The van der Waals surface area contributed by atoms with E-state index in [1.54, 1.807) is 0 Å². The van der Waals surface area contributed by atoms with E-state index in [1.807, 2.05) is 0 Å². The number of fused-ring (bicyclic) bond motifs is 1. The Morgan fingerprint density at radius 1 is 1.21 bits per heavy atom. The summed E-state index contributed by atoms with van der Waals surface area (Å²) >= 11 is 0. The molecule has 0 spiro atoms. The minimum absolute atomic E-state index is 0.0279. The Bertz CT molecular complexity index is 597. The van der Waals surface area contributed by atoms with Crippen LogP contribution in [0.3, 0.4) is 0 Å². The highest BCUT2D eigenvalue weighted by Gasteiger charge is 2.47. The van der Waals surface area contributed by atoms with Gasteiger partial charge in [-0.25, -0.2) is 0 Å². The Kier molecular flexibility index (Phi) is 2.75. The molecule has 102 valence electrons. The molecule has 1 fully saturated rings. The van der Waals surface area contributed by atoms with E-state index in [0.717, 1.165) is 24.3 Å². The summed E-state index contributed by atoms with van der Waals surface area (Å²) in [5.41, 5.74) is 2.40. The fourth-order valence-corrected chi connectivity index (χ4v) is 3.34. The lowest BCUT2D eigenvalue weighted by Crippen LogP contribution is -2.47. The molecule has 1 aliphatic rings. The molecule has 2 heteroatoms. The Morgan fingerprint density at radius 2 is 2.00 bits per heavy atom. The van der Waals surface area contributed by atoms with Crippen LogP contribution in [0.2, 0.25) is 0 Å². The van der Waals surface area contributed by atoms with E-state index in [4.69, 9.17) is 4.42 Å². The SMILES string of the molecule is Cc1ccc2oc(C3(C(C)(C)C)CCCN3)cc2c1. The summed E-state index contributed by atoms with van der Waals surface area (Å²) in [6.07, 6.45) is 2.36. The third kappa shape index (κ3) is 1.90. The third-order valence-electron chi connectivity index (χ3n) is 4.53. The number of furan rings is 1. The first-order valence-electron chi connectivity index (χ1n) is 7.18. The second-order valence-electron chi connectivity index (χ2n) is 6.84. The average Bonchev–Trinajstić information content (AvgIpc) is 2.93. The minimum atomic E-state index is -0.0279. The van der Waals surface area contributed by atoms with Gasteiger partial charge in [0, 0.05) is 5.39 Å². The molecule has 1 saturated heterocycles. The lowest BCUT2D eigenvalue weighted by Gasteiger charge is -2.40. The topological polar surface area (TPSA) is 25.2 Å². The van der Waals surface area contributed by atoms with Crippen LogP contribution in [0, 0.1) is 12.3 Å². The molecule has 2 heterocycles. The molecule has 0 aliphatic carbocycles. The van der Waals surface area contributed by atoms with Gasteiger partial charge in [-0.1, -0.05) is 32.4 Å². The number of rotatable bonds is 1. The maximum absolute atomic E-state index is 6.17. The van der Waals surface area contributed by atoms with E-state index in [0.29, 0.717) is 0 Å². The molecular formula is C17H23NO. The monoisotopic (exact) mass is 257 g/mol. The molecule has 1 aromatic heterocycles. The third-order valence-corrected chi connectivity index (χ3v) is 4.53. The van der Waals surface area contributed by atoms with E-state index in [9.17, 15) is 0 Å². The van der Waals surface area contributed by atoms with Gasteiger partial charge in [-0.05, 0) is 49.9 Å². The summed E-state index contributed by atoms with van der Waals surface area (Å²) in [6, 6.07) is 8.63. The smallest absolute Gasteiger partial charge is 0.134 e. The molecule has 1 atom stereocenters. The molecule has 0 radical (unpaired) electrons. The second-order valence-corrected chi connectivity index (χ2v) is 6.84. The van der Waals surface area contributed by atoms with Crippen molar-refractivity contribution in [2.75, 3.05) is 6.54 Å². The summed E-state index contributed by atoms with van der Waals surface area (Å²) in [5.74, 6) is 1.10. The number of benzene rings is 1. The zero-order chi connectivity index (χ0) is 13.7. The number of hydrogen-bond donors (Lipinski definition) is 1.